The van der Waals surface area contributed by atoms with Crippen LogP contribution < -0.4 is 5.32 Å². The zero-order valence-corrected chi connectivity index (χ0v) is 14.3. The Morgan fingerprint density at radius 2 is 2.29 bits per heavy atom. The number of aromatic nitrogens is 1. The van der Waals surface area contributed by atoms with Crippen molar-refractivity contribution in [2.45, 2.75) is 25.7 Å². The van der Waals surface area contributed by atoms with Crippen molar-refractivity contribution in [3.05, 3.63) is 45.7 Å². The van der Waals surface area contributed by atoms with Gasteiger partial charge in [-0.3, -0.25) is 9.59 Å². The lowest BCUT2D eigenvalue weighted by Gasteiger charge is -2.28. The lowest BCUT2D eigenvalue weighted by molar-refractivity contribution is -0.133. The first-order valence-corrected chi connectivity index (χ1v) is 8.57. The molecule has 0 spiro atoms. The average molecular weight is 347 g/mol. The predicted molar refractivity (Wildman–Crippen MR) is 90.6 cm³/mol. The molecule has 0 unspecified atom stereocenters. The number of rotatable bonds is 4. The second-order valence-corrected chi connectivity index (χ2v) is 6.85. The first kappa shape index (κ1) is 16.6. The topological polar surface area (TPSA) is 62.3 Å². The number of hydrogen-bond acceptors (Lipinski definition) is 4. The molecule has 126 valence electrons. The fourth-order valence-corrected chi connectivity index (χ4v) is 3.63. The van der Waals surface area contributed by atoms with Crippen molar-refractivity contribution in [1.82, 2.24) is 9.88 Å². The number of carbonyl (C=O) groups is 2. The molecule has 0 radical (unpaired) electrons. The van der Waals surface area contributed by atoms with E-state index in [9.17, 15) is 14.0 Å². The minimum Gasteiger partial charge on any atom is -0.345 e. The van der Waals surface area contributed by atoms with Gasteiger partial charge in [0.25, 0.3) is 0 Å². The molecule has 1 aromatic heterocycles. The van der Waals surface area contributed by atoms with Gasteiger partial charge in [-0.15, -0.1) is 11.3 Å². The van der Waals surface area contributed by atoms with Crippen LogP contribution in [0.15, 0.2) is 23.7 Å². The maximum absolute atomic E-state index is 13.6. The van der Waals surface area contributed by atoms with E-state index < -0.39 is 11.7 Å². The SMILES string of the molecule is Cc1ncsc1CCN(C)C(=O)[C@H]1CC(=O)Nc2ccc(F)cc21. The van der Waals surface area contributed by atoms with Gasteiger partial charge in [-0.1, -0.05) is 0 Å². The second-order valence-electron chi connectivity index (χ2n) is 5.91. The highest BCUT2D eigenvalue weighted by atomic mass is 32.1. The number of amides is 2. The number of benzene rings is 1. The fraction of sp³-hybridized carbons (Fsp3) is 0.353. The van der Waals surface area contributed by atoms with Crippen LogP contribution in [-0.4, -0.2) is 35.3 Å². The summed E-state index contributed by atoms with van der Waals surface area (Å²) < 4.78 is 13.6. The highest BCUT2D eigenvalue weighted by Crippen LogP contribution is 2.34. The molecule has 1 aliphatic heterocycles. The third kappa shape index (κ3) is 3.31. The van der Waals surface area contributed by atoms with Crippen molar-refractivity contribution in [3.8, 4) is 0 Å². The third-order valence-corrected chi connectivity index (χ3v) is 5.24. The molecule has 3 rings (SSSR count). The van der Waals surface area contributed by atoms with Crippen LogP contribution in [0.1, 0.15) is 28.5 Å². The summed E-state index contributed by atoms with van der Waals surface area (Å²) in [6.07, 6.45) is 0.757. The van der Waals surface area contributed by atoms with Crippen LogP contribution >= 0.6 is 11.3 Å². The standard InChI is InChI=1S/C17H18FN3O2S/c1-10-15(24-9-19-10)5-6-21(2)17(23)13-8-16(22)20-14-4-3-11(18)7-12(13)14/h3-4,7,9,13H,5-6,8H2,1-2H3,(H,20,22)/t13-/m0/s1. The van der Waals surface area contributed by atoms with E-state index in [0.29, 0.717) is 24.2 Å². The van der Waals surface area contributed by atoms with E-state index in [4.69, 9.17) is 0 Å². The Labute approximate surface area is 143 Å². The predicted octanol–water partition coefficient (Wildman–Crippen LogP) is 2.72. The second kappa shape index (κ2) is 6.68. The molecule has 1 aromatic carbocycles. The van der Waals surface area contributed by atoms with Crippen molar-refractivity contribution in [3.63, 3.8) is 0 Å². The molecule has 1 atom stereocenters. The van der Waals surface area contributed by atoms with Crippen molar-refractivity contribution in [2.75, 3.05) is 18.9 Å². The van der Waals surface area contributed by atoms with Crippen molar-refractivity contribution >= 4 is 28.8 Å². The number of hydrogen-bond donors (Lipinski definition) is 1. The van der Waals surface area contributed by atoms with Crippen LogP contribution in [-0.2, 0) is 16.0 Å². The van der Waals surface area contributed by atoms with Gasteiger partial charge in [0.15, 0.2) is 0 Å². The highest BCUT2D eigenvalue weighted by molar-refractivity contribution is 7.09. The van der Waals surface area contributed by atoms with Gasteiger partial charge in [0.05, 0.1) is 17.1 Å². The maximum atomic E-state index is 13.6. The van der Waals surface area contributed by atoms with Crippen molar-refractivity contribution in [1.29, 1.82) is 0 Å². The summed E-state index contributed by atoms with van der Waals surface area (Å²) in [5.74, 6) is -1.44. The van der Waals surface area contributed by atoms with E-state index in [1.807, 2.05) is 6.92 Å². The number of halogens is 1. The molecule has 2 heterocycles. The van der Waals surface area contributed by atoms with Crippen LogP contribution in [0.5, 0.6) is 0 Å². The zero-order valence-electron chi connectivity index (χ0n) is 13.5. The molecule has 0 bridgehead atoms. The Balaban J connectivity index is 1.75. The molecular formula is C17H18FN3O2S. The normalized spacial score (nSPS) is 16.5. The number of nitrogens with one attached hydrogen (secondary N) is 1. The minimum absolute atomic E-state index is 0.0409. The van der Waals surface area contributed by atoms with Crippen LogP contribution in [0.4, 0.5) is 10.1 Å². The summed E-state index contributed by atoms with van der Waals surface area (Å²) in [5, 5.41) is 2.69. The molecule has 2 aromatic rings. The van der Waals surface area contributed by atoms with E-state index in [0.717, 1.165) is 10.6 Å². The first-order valence-electron chi connectivity index (χ1n) is 7.69. The van der Waals surface area contributed by atoms with Gasteiger partial charge in [0.1, 0.15) is 5.82 Å². The Morgan fingerprint density at radius 1 is 1.50 bits per heavy atom. The van der Waals surface area contributed by atoms with Gasteiger partial charge in [-0.25, -0.2) is 9.37 Å². The molecule has 24 heavy (non-hydrogen) atoms. The molecule has 0 saturated carbocycles. The van der Waals surface area contributed by atoms with Crippen molar-refractivity contribution < 1.29 is 14.0 Å². The first-order chi connectivity index (χ1) is 11.5. The molecule has 1 N–H and O–H groups in total. The van der Waals surface area contributed by atoms with E-state index in [1.54, 1.807) is 28.8 Å². The largest absolute Gasteiger partial charge is 0.345 e. The van der Waals surface area contributed by atoms with Gasteiger partial charge in [0.2, 0.25) is 11.8 Å². The van der Waals surface area contributed by atoms with Gasteiger partial charge < -0.3 is 10.2 Å². The Morgan fingerprint density at radius 3 is 3.00 bits per heavy atom. The van der Waals surface area contributed by atoms with E-state index in [-0.39, 0.29) is 18.2 Å². The minimum atomic E-state index is -0.642. The van der Waals surface area contributed by atoms with Gasteiger partial charge >= 0.3 is 0 Å². The fourth-order valence-electron chi connectivity index (χ4n) is 2.86. The van der Waals surface area contributed by atoms with E-state index >= 15 is 0 Å². The third-order valence-electron chi connectivity index (χ3n) is 4.25. The summed E-state index contributed by atoms with van der Waals surface area (Å²) in [4.78, 5) is 31.6. The molecule has 7 heteroatoms. The summed E-state index contributed by atoms with van der Waals surface area (Å²) >= 11 is 1.57. The number of aryl methyl sites for hydroxylation is 1. The van der Waals surface area contributed by atoms with Crippen LogP contribution in [0.25, 0.3) is 0 Å². The smallest absolute Gasteiger partial charge is 0.230 e. The number of carbonyl (C=O) groups excluding carboxylic acids is 2. The Bertz CT molecular complexity index is 790. The molecule has 5 nitrogen and oxygen atoms in total. The molecule has 0 saturated heterocycles. The van der Waals surface area contributed by atoms with Gasteiger partial charge in [-0.05, 0) is 30.7 Å². The molecule has 2 amide bonds. The Kier molecular flexibility index (Phi) is 4.62. The van der Waals surface area contributed by atoms with Gasteiger partial charge in [0, 0.05) is 37.0 Å². The maximum Gasteiger partial charge on any atom is 0.230 e. The number of fused-ring (bicyclic) bond motifs is 1. The lowest BCUT2D eigenvalue weighted by atomic mass is 9.89. The molecule has 1 aliphatic rings. The number of likely N-dealkylation sites (N-methyl/N-ethyl adjacent to an activating group) is 1. The number of anilines is 1. The monoisotopic (exact) mass is 347 g/mol. The summed E-state index contributed by atoms with van der Waals surface area (Å²) in [7, 11) is 1.71. The summed E-state index contributed by atoms with van der Waals surface area (Å²) in [6.45, 7) is 2.47. The number of thiazole rings is 1. The van der Waals surface area contributed by atoms with E-state index in [2.05, 4.69) is 10.3 Å². The van der Waals surface area contributed by atoms with Crippen LogP contribution in [0.3, 0.4) is 0 Å². The summed E-state index contributed by atoms with van der Waals surface area (Å²) in [5.41, 5.74) is 3.82. The Hall–Kier alpha value is -2.28. The van der Waals surface area contributed by atoms with E-state index in [1.165, 1.54) is 18.2 Å². The quantitative estimate of drug-likeness (QED) is 0.925. The van der Waals surface area contributed by atoms with Crippen molar-refractivity contribution in [2.24, 2.45) is 0 Å². The van der Waals surface area contributed by atoms with Gasteiger partial charge in [-0.2, -0.15) is 0 Å². The number of nitrogens with zero attached hydrogens (tertiary/aromatic N) is 2. The average Bonchev–Trinajstić information content (AvgIpc) is 2.96. The highest BCUT2D eigenvalue weighted by Gasteiger charge is 2.32. The molecule has 0 fully saturated rings. The lowest BCUT2D eigenvalue weighted by Crippen LogP contribution is -2.37. The van der Waals surface area contributed by atoms with Crippen LogP contribution in [0.2, 0.25) is 0 Å². The summed E-state index contributed by atoms with van der Waals surface area (Å²) in [6, 6.07) is 4.11. The van der Waals surface area contributed by atoms with Crippen LogP contribution in [0, 0.1) is 12.7 Å². The molecular weight excluding hydrogens is 329 g/mol. The zero-order chi connectivity index (χ0) is 17.3. The molecule has 0 aliphatic carbocycles.